The second-order valence-electron chi connectivity index (χ2n) is 5.41. The van der Waals surface area contributed by atoms with Gasteiger partial charge in [-0.2, -0.15) is 0 Å². The Morgan fingerprint density at radius 2 is 0.657 bits per heavy atom. The Kier molecular flexibility index (Phi) is 20.1. The second-order valence-corrected chi connectivity index (χ2v) is 5.41. The monoisotopic (exact) mass is 570 g/mol. The third-order valence-electron chi connectivity index (χ3n) is 3.37. The molecule has 3 aromatic carbocycles. The topological polar surface area (TPSA) is 215 Å². The minimum Gasteiger partial charge on any atom is -0.545 e. The van der Waals surface area contributed by atoms with E-state index in [-0.39, 0.29) is 53.4 Å². The molecule has 0 aliphatic heterocycles. The van der Waals surface area contributed by atoms with Gasteiger partial charge in [0.25, 0.3) is 13.6 Å². The van der Waals surface area contributed by atoms with Gasteiger partial charge in [0, 0.05) is 16.7 Å². The molecule has 35 heavy (non-hydrogen) atoms. The first kappa shape index (κ1) is 35.0. The van der Waals surface area contributed by atoms with Crippen LogP contribution in [-0.4, -0.2) is 46.8 Å². The van der Waals surface area contributed by atoms with Crippen molar-refractivity contribution >= 4 is 31.5 Å². The minimum absolute atomic E-state index is 0. The Morgan fingerprint density at radius 1 is 0.486 bits per heavy atom. The first-order valence-electron chi connectivity index (χ1n) is 8.54. The van der Waals surface area contributed by atoms with Crippen LogP contribution in [0.15, 0.2) is 72.8 Å². The summed E-state index contributed by atoms with van der Waals surface area (Å²) < 4.78 is 0. The molecule has 0 aliphatic carbocycles. The molecule has 0 bridgehead atoms. The molecule has 0 aromatic heterocycles. The van der Waals surface area contributed by atoms with E-state index in [0.29, 0.717) is 0 Å². The zero-order chi connectivity index (χ0) is 26.7. The van der Waals surface area contributed by atoms with Crippen LogP contribution in [0.4, 0.5) is 0 Å². The van der Waals surface area contributed by atoms with Gasteiger partial charge in [0.05, 0.1) is 17.9 Å². The Labute approximate surface area is 212 Å². The molecule has 0 unspecified atom stereocenters. The summed E-state index contributed by atoms with van der Waals surface area (Å²) >= 11 is 0. The maximum atomic E-state index is 10.2. The summed E-state index contributed by atoms with van der Waals surface area (Å²) in [6, 6.07) is 16.9. The smallest absolute Gasteiger partial charge is 0.545 e. The van der Waals surface area contributed by atoms with Crippen molar-refractivity contribution in [3.8, 4) is 17.2 Å². The number of rotatable bonds is 3. The SMILES string of the molecule is O=C([O-])c1ccccc1O.O=C([O-])c1ccccc1O.O=C([O-])c1ccccc1O.[C]=O.[C]=O.[Rh+3]. The fraction of sp³-hybridized carbons (Fsp3) is 0. The van der Waals surface area contributed by atoms with Crippen molar-refractivity contribution in [1.82, 2.24) is 0 Å². The summed E-state index contributed by atoms with van der Waals surface area (Å²) in [6.45, 7) is 9.00. The van der Waals surface area contributed by atoms with Crippen molar-refractivity contribution in [3.05, 3.63) is 89.5 Å². The van der Waals surface area contributed by atoms with Crippen LogP contribution in [0.5, 0.6) is 17.2 Å². The van der Waals surface area contributed by atoms with E-state index >= 15 is 0 Å². The van der Waals surface area contributed by atoms with Gasteiger partial charge in [0.1, 0.15) is 17.2 Å². The van der Waals surface area contributed by atoms with Crippen LogP contribution < -0.4 is 15.3 Å². The van der Waals surface area contributed by atoms with E-state index in [1.165, 1.54) is 54.6 Å². The average Bonchev–Trinajstić information content (AvgIpc) is 2.83. The van der Waals surface area contributed by atoms with Gasteiger partial charge >= 0.3 is 19.5 Å². The van der Waals surface area contributed by atoms with Crippen LogP contribution in [0, 0.1) is 0 Å². The van der Waals surface area contributed by atoms with Gasteiger partial charge in [-0.15, -0.1) is 0 Å². The van der Waals surface area contributed by atoms with Crippen LogP contribution in [-0.2, 0) is 29.1 Å². The van der Waals surface area contributed by atoms with Gasteiger partial charge < -0.3 is 45.0 Å². The molecule has 3 N–H and O–H groups in total. The molecular weight excluding hydrogens is 555 g/mol. The summed E-state index contributed by atoms with van der Waals surface area (Å²) in [5.41, 5.74) is -0.535. The Bertz CT molecular complexity index is 937. The van der Waals surface area contributed by atoms with Gasteiger partial charge in [-0.1, -0.05) is 36.4 Å². The molecule has 4 radical (unpaired) electrons. The van der Waals surface area contributed by atoms with Gasteiger partial charge in [-0.3, -0.25) is 9.59 Å². The van der Waals surface area contributed by atoms with Crippen molar-refractivity contribution in [3.63, 3.8) is 0 Å². The third kappa shape index (κ3) is 13.5. The largest absolute Gasteiger partial charge is 3.00 e. The van der Waals surface area contributed by atoms with E-state index in [1.807, 2.05) is 0 Å². The summed E-state index contributed by atoms with van der Waals surface area (Å²) in [5, 5.41) is 57.0. The van der Waals surface area contributed by atoms with Crippen molar-refractivity contribution < 1.29 is 74.1 Å². The van der Waals surface area contributed by atoms with Crippen LogP contribution >= 0.6 is 0 Å². The van der Waals surface area contributed by atoms with Crippen LogP contribution in [0.1, 0.15) is 31.1 Å². The molecule has 0 saturated carbocycles. The quantitative estimate of drug-likeness (QED) is 0.307. The van der Waals surface area contributed by atoms with Crippen molar-refractivity contribution in [2.75, 3.05) is 0 Å². The summed E-state index contributed by atoms with van der Waals surface area (Å²) in [5.74, 6) is -4.87. The fourth-order valence-electron chi connectivity index (χ4n) is 1.94. The normalized spacial score (nSPS) is 8.11. The van der Waals surface area contributed by atoms with E-state index in [1.54, 1.807) is 18.2 Å². The first-order chi connectivity index (χ1) is 16.1. The van der Waals surface area contributed by atoms with E-state index in [4.69, 9.17) is 24.9 Å². The number of hydrogen-bond donors (Lipinski definition) is 3. The van der Waals surface area contributed by atoms with Crippen LogP contribution in [0.3, 0.4) is 0 Å². The molecule has 3 rings (SSSR count). The summed E-state index contributed by atoms with van der Waals surface area (Å²) in [6.07, 6.45) is 0. The third-order valence-corrected chi connectivity index (χ3v) is 3.37. The van der Waals surface area contributed by atoms with Gasteiger partial charge in [-0.25, -0.2) is 0 Å². The maximum absolute atomic E-state index is 10.2. The number of carboxylic acids is 3. The number of carboxylic acid groups (broad SMARTS) is 3. The standard InChI is InChI=1S/3C7H6O3.2CO.Rh/c3*8-6-4-2-1-3-5(6)7(9)10;2*1-2;/h3*1-4,8H,(H,9,10);;;/q;;;;;+3/p-3. The van der Waals surface area contributed by atoms with E-state index in [2.05, 4.69) is 13.6 Å². The van der Waals surface area contributed by atoms with E-state index in [9.17, 15) is 29.7 Å². The molecule has 182 valence electrons. The Morgan fingerprint density at radius 3 is 0.771 bits per heavy atom. The predicted molar refractivity (Wildman–Crippen MR) is 109 cm³/mol. The van der Waals surface area contributed by atoms with Gasteiger partial charge in [-0.05, 0) is 36.4 Å². The molecule has 3 aromatic rings. The Balaban J connectivity index is -0.000000403. The zero-order valence-electron chi connectivity index (χ0n) is 17.4. The number of carbonyl (C=O) groups is 3. The second kappa shape index (κ2) is 20.1. The molecule has 0 aliphatic rings. The molecular formula is C23H15O11Rh. The number of hydrogen-bond acceptors (Lipinski definition) is 11. The summed E-state index contributed by atoms with van der Waals surface area (Å²) in [4.78, 5) is 45.5. The average molecular weight is 570 g/mol. The van der Waals surface area contributed by atoms with E-state index < -0.39 is 17.9 Å². The molecule has 0 amide bonds. The number of phenols is 3. The van der Waals surface area contributed by atoms with Crippen LogP contribution in [0.25, 0.3) is 0 Å². The Hall–Kier alpha value is -4.57. The molecule has 0 atom stereocenters. The van der Waals surface area contributed by atoms with Gasteiger partial charge in [0.15, 0.2) is 0 Å². The van der Waals surface area contributed by atoms with Crippen molar-refractivity contribution in [2.45, 2.75) is 0 Å². The molecule has 0 saturated heterocycles. The minimum atomic E-state index is -1.36. The van der Waals surface area contributed by atoms with Crippen molar-refractivity contribution in [2.24, 2.45) is 0 Å². The fourth-order valence-corrected chi connectivity index (χ4v) is 1.94. The number of aromatic carboxylic acids is 3. The van der Waals surface area contributed by atoms with Crippen LogP contribution in [0.2, 0.25) is 0 Å². The number of carbonyl (C=O) groups excluding carboxylic acids is 5. The molecule has 0 heterocycles. The molecule has 0 spiro atoms. The number of benzene rings is 3. The first-order valence-corrected chi connectivity index (χ1v) is 8.54. The van der Waals surface area contributed by atoms with Gasteiger partial charge in [0.2, 0.25) is 0 Å². The summed E-state index contributed by atoms with van der Waals surface area (Å²) in [7, 11) is 0. The van der Waals surface area contributed by atoms with E-state index in [0.717, 1.165) is 0 Å². The predicted octanol–water partition coefficient (Wildman–Crippen LogP) is -1.53. The number of aromatic hydroxyl groups is 3. The molecule has 12 heteroatoms. The van der Waals surface area contributed by atoms with Crippen molar-refractivity contribution in [1.29, 1.82) is 0 Å². The zero-order valence-corrected chi connectivity index (χ0v) is 19.0. The molecule has 0 fully saturated rings. The number of para-hydroxylation sites is 3. The molecule has 11 nitrogen and oxygen atoms in total. The maximum Gasteiger partial charge on any atom is 3.00 e.